The molecule has 6 heteroatoms. The number of hydrogen-bond acceptors (Lipinski definition) is 4. The first-order valence-electron chi connectivity index (χ1n) is 5.66. The van der Waals surface area contributed by atoms with Crippen molar-refractivity contribution in [2.45, 2.75) is 32.9 Å². The second-order valence-electron chi connectivity index (χ2n) is 5.05. The first-order chi connectivity index (χ1) is 8.49. The standard InChI is InChI=1S/C12H15N5S/c1-12(2,3)16-11-10-8(4-5-14-11)6-9(18-10)7-15-17-13/h4-6H,7H2,1-3H3,(H,14,16). The number of rotatable bonds is 3. The second kappa shape index (κ2) is 4.84. The molecule has 0 fully saturated rings. The Kier molecular flexibility index (Phi) is 3.41. The number of nitrogens with zero attached hydrogens (tertiary/aromatic N) is 4. The molecule has 0 aliphatic heterocycles. The Morgan fingerprint density at radius 3 is 2.94 bits per heavy atom. The summed E-state index contributed by atoms with van der Waals surface area (Å²) in [6.07, 6.45) is 1.79. The third-order valence-electron chi connectivity index (χ3n) is 2.27. The number of azide groups is 1. The molecular weight excluding hydrogens is 246 g/mol. The molecular formula is C12H15N5S. The molecule has 2 heterocycles. The largest absolute Gasteiger partial charge is 0.364 e. The summed E-state index contributed by atoms with van der Waals surface area (Å²) in [4.78, 5) is 8.21. The van der Waals surface area contributed by atoms with E-state index in [0.717, 1.165) is 20.8 Å². The van der Waals surface area contributed by atoms with Gasteiger partial charge in [-0.3, -0.25) is 0 Å². The van der Waals surface area contributed by atoms with Gasteiger partial charge in [0.05, 0.1) is 11.2 Å². The van der Waals surface area contributed by atoms with Gasteiger partial charge in [0, 0.05) is 21.5 Å². The SMILES string of the molecule is CC(C)(C)Nc1nccc2cc(CN=[N+]=[N-])sc12. The molecule has 2 aromatic heterocycles. The van der Waals surface area contributed by atoms with E-state index in [1.807, 2.05) is 12.1 Å². The lowest BCUT2D eigenvalue weighted by Gasteiger charge is -2.21. The summed E-state index contributed by atoms with van der Waals surface area (Å²) in [5, 5.41) is 8.11. The van der Waals surface area contributed by atoms with Crippen LogP contribution in [0, 0.1) is 0 Å². The normalized spacial score (nSPS) is 11.3. The van der Waals surface area contributed by atoms with E-state index < -0.39 is 0 Å². The number of thiophene rings is 1. The molecule has 0 saturated carbocycles. The Labute approximate surface area is 109 Å². The van der Waals surface area contributed by atoms with Crippen LogP contribution in [-0.2, 0) is 6.54 Å². The molecule has 0 unspecified atom stereocenters. The fraction of sp³-hybridized carbons (Fsp3) is 0.417. The van der Waals surface area contributed by atoms with Crippen molar-refractivity contribution in [2.75, 3.05) is 5.32 Å². The fourth-order valence-electron chi connectivity index (χ4n) is 1.64. The molecule has 94 valence electrons. The van der Waals surface area contributed by atoms with Crippen LogP contribution in [0.15, 0.2) is 23.4 Å². The van der Waals surface area contributed by atoms with Gasteiger partial charge >= 0.3 is 0 Å². The van der Waals surface area contributed by atoms with Crippen LogP contribution in [-0.4, -0.2) is 10.5 Å². The number of aromatic nitrogens is 1. The zero-order valence-electron chi connectivity index (χ0n) is 10.6. The minimum Gasteiger partial charge on any atom is -0.364 e. The van der Waals surface area contributed by atoms with Crippen molar-refractivity contribution >= 4 is 27.2 Å². The molecule has 0 radical (unpaired) electrons. The summed E-state index contributed by atoms with van der Waals surface area (Å²) < 4.78 is 1.11. The summed E-state index contributed by atoms with van der Waals surface area (Å²) >= 11 is 1.61. The van der Waals surface area contributed by atoms with Crippen molar-refractivity contribution in [1.82, 2.24) is 4.98 Å². The summed E-state index contributed by atoms with van der Waals surface area (Å²) in [5.41, 5.74) is 8.32. The topological polar surface area (TPSA) is 73.7 Å². The lowest BCUT2D eigenvalue weighted by atomic mass is 10.1. The van der Waals surface area contributed by atoms with Gasteiger partial charge in [-0.1, -0.05) is 5.11 Å². The first-order valence-corrected chi connectivity index (χ1v) is 6.48. The van der Waals surface area contributed by atoms with Crippen molar-refractivity contribution in [3.05, 3.63) is 33.6 Å². The van der Waals surface area contributed by atoms with Gasteiger partial charge < -0.3 is 5.32 Å². The maximum absolute atomic E-state index is 8.35. The Hall–Kier alpha value is -1.78. The summed E-state index contributed by atoms with van der Waals surface area (Å²) in [5.74, 6) is 0.886. The maximum Gasteiger partial charge on any atom is 0.144 e. The summed E-state index contributed by atoms with van der Waals surface area (Å²) in [7, 11) is 0. The third kappa shape index (κ3) is 2.91. The highest BCUT2D eigenvalue weighted by Gasteiger charge is 2.14. The van der Waals surface area contributed by atoms with Gasteiger partial charge in [0.1, 0.15) is 5.82 Å². The van der Waals surface area contributed by atoms with E-state index in [-0.39, 0.29) is 5.54 Å². The van der Waals surface area contributed by atoms with Gasteiger partial charge in [0.15, 0.2) is 0 Å². The zero-order valence-corrected chi connectivity index (χ0v) is 11.5. The molecule has 18 heavy (non-hydrogen) atoms. The van der Waals surface area contributed by atoms with Crippen LogP contribution in [0.2, 0.25) is 0 Å². The van der Waals surface area contributed by atoms with E-state index in [4.69, 9.17) is 5.53 Å². The third-order valence-corrected chi connectivity index (χ3v) is 3.41. The average molecular weight is 261 g/mol. The van der Waals surface area contributed by atoms with E-state index in [1.165, 1.54) is 0 Å². The fourth-order valence-corrected chi connectivity index (χ4v) is 2.66. The van der Waals surface area contributed by atoms with Crippen LogP contribution in [0.25, 0.3) is 20.5 Å². The number of fused-ring (bicyclic) bond motifs is 1. The van der Waals surface area contributed by atoms with Gasteiger partial charge in [-0.25, -0.2) is 4.98 Å². The average Bonchev–Trinajstić information content (AvgIpc) is 2.68. The Balaban J connectivity index is 2.42. The number of nitrogens with one attached hydrogen (secondary N) is 1. The smallest absolute Gasteiger partial charge is 0.144 e. The van der Waals surface area contributed by atoms with Crippen LogP contribution >= 0.6 is 11.3 Å². The Morgan fingerprint density at radius 1 is 1.50 bits per heavy atom. The maximum atomic E-state index is 8.35. The lowest BCUT2D eigenvalue weighted by molar-refractivity contribution is 0.632. The molecule has 0 bridgehead atoms. The quantitative estimate of drug-likeness (QED) is 0.507. The highest BCUT2D eigenvalue weighted by molar-refractivity contribution is 7.19. The van der Waals surface area contributed by atoms with Gasteiger partial charge in [0.25, 0.3) is 0 Å². The minimum atomic E-state index is -0.0315. The van der Waals surface area contributed by atoms with Crippen LogP contribution in [0.1, 0.15) is 25.6 Å². The first kappa shape index (κ1) is 12.7. The summed E-state index contributed by atoms with van der Waals surface area (Å²) in [6.45, 7) is 6.69. The van der Waals surface area contributed by atoms with E-state index >= 15 is 0 Å². The lowest BCUT2D eigenvalue weighted by Crippen LogP contribution is -2.26. The predicted molar refractivity (Wildman–Crippen MR) is 75.8 cm³/mol. The molecule has 0 aromatic carbocycles. The van der Waals surface area contributed by atoms with Crippen LogP contribution < -0.4 is 5.32 Å². The van der Waals surface area contributed by atoms with E-state index in [0.29, 0.717) is 6.54 Å². The van der Waals surface area contributed by atoms with Gasteiger partial charge in [0.2, 0.25) is 0 Å². The van der Waals surface area contributed by atoms with Crippen molar-refractivity contribution < 1.29 is 0 Å². The van der Waals surface area contributed by atoms with Gasteiger partial charge in [-0.15, -0.1) is 11.3 Å². The molecule has 5 nitrogen and oxygen atoms in total. The molecule has 0 aliphatic carbocycles. The molecule has 0 aliphatic rings. The molecule has 0 spiro atoms. The predicted octanol–water partition coefficient (Wildman–Crippen LogP) is 4.32. The monoisotopic (exact) mass is 261 g/mol. The van der Waals surface area contributed by atoms with Crippen LogP contribution in [0.5, 0.6) is 0 Å². The molecule has 2 aromatic rings. The highest BCUT2D eigenvalue weighted by atomic mass is 32.1. The van der Waals surface area contributed by atoms with Crippen molar-refractivity contribution in [1.29, 1.82) is 0 Å². The molecule has 0 atom stereocenters. The highest BCUT2D eigenvalue weighted by Crippen LogP contribution is 2.32. The van der Waals surface area contributed by atoms with Gasteiger partial charge in [-0.2, -0.15) is 0 Å². The van der Waals surface area contributed by atoms with Crippen LogP contribution in [0.3, 0.4) is 0 Å². The number of anilines is 1. The minimum absolute atomic E-state index is 0.0315. The number of hydrogen-bond donors (Lipinski definition) is 1. The van der Waals surface area contributed by atoms with E-state index in [2.05, 4.69) is 41.1 Å². The Bertz CT molecular complexity index is 604. The zero-order chi connectivity index (χ0) is 13.2. The van der Waals surface area contributed by atoms with Crippen molar-refractivity contribution in [2.24, 2.45) is 5.11 Å². The van der Waals surface area contributed by atoms with Crippen molar-refractivity contribution in [3.8, 4) is 0 Å². The molecule has 0 saturated heterocycles. The van der Waals surface area contributed by atoms with Crippen LogP contribution in [0.4, 0.5) is 5.82 Å². The Morgan fingerprint density at radius 2 is 2.28 bits per heavy atom. The number of pyridine rings is 1. The van der Waals surface area contributed by atoms with E-state index in [9.17, 15) is 0 Å². The molecule has 2 rings (SSSR count). The van der Waals surface area contributed by atoms with Gasteiger partial charge in [-0.05, 0) is 43.8 Å². The summed E-state index contributed by atoms with van der Waals surface area (Å²) in [6, 6.07) is 4.02. The molecule has 1 N–H and O–H groups in total. The van der Waals surface area contributed by atoms with Crippen molar-refractivity contribution in [3.63, 3.8) is 0 Å². The van der Waals surface area contributed by atoms with E-state index in [1.54, 1.807) is 17.5 Å². The molecule has 0 amide bonds. The second-order valence-corrected chi connectivity index (χ2v) is 6.19.